The quantitative estimate of drug-likeness (QED) is 0.786. The summed E-state index contributed by atoms with van der Waals surface area (Å²) in [5, 5.41) is 4.08. The van der Waals surface area contributed by atoms with Crippen molar-refractivity contribution < 1.29 is 0 Å². The summed E-state index contributed by atoms with van der Waals surface area (Å²) < 4.78 is 0. The molecule has 3 N–H and O–H groups in total. The SMILES string of the molecule is CCSCC(C)Nc1cc(Cl)ccc1C(N)=S. The molecule has 0 spiro atoms. The predicted octanol–water partition coefficient (Wildman–Crippen LogP) is 3.53. The fourth-order valence-corrected chi connectivity index (χ4v) is 2.48. The number of nitrogens with one attached hydrogen (secondary N) is 1. The first kappa shape index (κ1) is 14.6. The molecule has 94 valence electrons. The summed E-state index contributed by atoms with van der Waals surface area (Å²) in [5.74, 6) is 2.16. The summed E-state index contributed by atoms with van der Waals surface area (Å²) in [5.41, 5.74) is 7.44. The molecule has 0 aliphatic carbocycles. The molecular weight excluding hydrogens is 272 g/mol. The number of hydrogen-bond acceptors (Lipinski definition) is 3. The highest BCUT2D eigenvalue weighted by atomic mass is 35.5. The molecule has 0 aliphatic heterocycles. The fraction of sp³-hybridized carbons (Fsp3) is 0.417. The average Bonchev–Trinajstić information content (AvgIpc) is 2.26. The summed E-state index contributed by atoms with van der Waals surface area (Å²) in [6.45, 7) is 4.28. The molecule has 1 aromatic carbocycles. The number of rotatable bonds is 6. The van der Waals surface area contributed by atoms with E-state index in [2.05, 4.69) is 19.2 Å². The third kappa shape index (κ3) is 4.74. The van der Waals surface area contributed by atoms with E-state index in [-0.39, 0.29) is 0 Å². The van der Waals surface area contributed by atoms with Crippen molar-refractivity contribution in [1.82, 2.24) is 0 Å². The smallest absolute Gasteiger partial charge is 0.106 e. The maximum absolute atomic E-state index is 5.98. The van der Waals surface area contributed by atoms with Crippen LogP contribution in [0, 0.1) is 0 Å². The molecule has 0 fully saturated rings. The zero-order valence-electron chi connectivity index (χ0n) is 10.00. The average molecular weight is 289 g/mol. The van der Waals surface area contributed by atoms with E-state index in [1.165, 1.54) is 0 Å². The molecule has 0 radical (unpaired) electrons. The van der Waals surface area contributed by atoms with E-state index >= 15 is 0 Å². The molecule has 0 bridgehead atoms. The molecule has 0 heterocycles. The normalized spacial score (nSPS) is 12.2. The van der Waals surface area contributed by atoms with Crippen molar-refractivity contribution in [2.75, 3.05) is 16.8 Å². The number of thioether (sulfide) groups is 1. The molecule has 1 unspecified atom stereocenters. The molecule has 0 saturated carbocycles. The van der Waals surface area contributed by atoms with Crippen LogP contribution in [0.3, 0.4) is 0 Å². The number of benzene rings is 1. The van der Waals surface area contributed by atoms with Crippen LogP contribution in [0.25, 0.3) is 0 Å². The molecule has 0 amide bonds. The van der Waals surface area contributed by atoms with Crippen LogP contribution in [-0.4, -0.2) is 22.5 Å². The lowest BCUT2D eigenvalue weighted by atomic mass is 10.1. The van der Waals surface area contributed by atoms with Gasteiger partial charge in [0.15, 0.2) is 0 Å². The predicted molar refractivity (Wildman–Crippen MR) is 83.4 cm³/mol. The Labute approximate surface area is 117 Å². The van der Waals surface area contributed by atoms with Crippen LogP contribution in [-0.2, 0) is 0 Å². The summed E-state index contributed by atoms with van der Waals surface area (Å²) in [6.07, 6.45) is 0. The summed E-state index contributed by atoms with van der Waals surface area (Å²) >= 11 is 12.9. The lowest BCUT2D eigenvalue weighted by Gasteiger charge is -2.17. The first-order valence-corrected chi connectivity index (χ1v) is 7.42. The van der Waals surface area contributed by atoms with Crippen LogP contribution in [0.1, 0.15) is 19.4 Å². The van der Waals surface area contributed by atoms with Gasteiger partial charge < -0.3 is 11.1 Å². The van der Waals surface area contributed by atoms with Crippen molar-refractivity contribution in [3.8, 4) is 0 Å². The number of anilines is 1. The monoisotopic (exact) mass is 288 g/mol. The van der Waals surface area contributed by atoms with Gasteiger partial charge in [0.1, 0.15) is 4.99 Å². The summed E-state index contributed by atoms with van der Waals surface area (Å²) in [4.78, 5) is 0.388. The first-order valence-electron chi connectivity index (χ1n) is 5.48. The van der Waals surface area contributed by atoms with Gasteiger partial charge in [-0.1, -0.05) is 30.7 Å². The van der Waals surface area contributed by atoms with E-state index in [0.29, 0.717) is 16.1 Å². The standard InChI is InChI=1S/C12H17ClN2S2/c1-3-17-7-8(2)15-11-6-9(13)4-5-10(11)12(14)16/h4-6,8,15H,3,7H2,1-2H3,(H2,14,16). The summed E-state index contributed by atoms with van der Waals surface area (Å²) in [6, 6.07) is 5.87. The van der Waals surface area contributed by atoms with Gasteiger partial charge >= 0.3 is 0 Å². The van der Waals surface area contributed by atoms with Gasteiger partial charge in [-0.05, 0) is 30.9 Å². The lowest BCUT2D eigenvalue weighted by molar-refractivity contribution is 0.913. The minimum atomic E-state index is 0.353. The van der Waals surface area contributed by atoms with E-state index in [1.807, 2.05) is 23.9 Å². The van der Waals surface area contributed by atoms with Crippen molar-refractivity contribution in [3.63, 3.8) is 0 Å². The van der Waals surface area contributed by atoms with Crippen LogP contribution in [0.2, 0.25) is 5.02 Å². The largest absolute Gasteiger partial charge is 0.389 e. The van der Waals surface area contributed by atoms with Gasteiger partial charge in [-0.2, -0.15) is 11.8 Å². The Morgan fingerprint density at radius 2 is 2.29 bits per heavy atom. The molecular formula is C12H17ClN2S2. The Bertz CT molecular complexity index is 396. The van der Waals surface area contributed by atoms with E-state index < -0.39 is 0 Å². The second kappa shape index (κ2) is 7.09. The number of halogens is 1. The lowest BCUT2D eigenvalue weighted by Crippen LogP contribution is -2.21. The minimum Gasteiger partial charge on any atom is -0.389 e. The van der Waals surface area contributed by atoms with E-state index in [9.17, 15) is 0 Å². The topological polar surface area (TPSA) is 38.0 Å². The highest BCUT2D eigenvalue weighted by molar-refractivity contribution is 7.99. The van der Waals surface area contributed by atoms with Gasteiger partial charge in [-0.3, -0.25) is 0 Å². The highest BCUT2D eigenvalue weighted by Crippen LogP contribution is 2.22. The number of thiocarbonyl (C=S) groups is 1. The van der Waals surface area contributed by atoms with Crippen LogP contribution in [0.4, 0.5) is 5.69 Å². The molecule has 1 rings (SSSR count). The van der Waals surface area contributed by atoms with Gasteiger partial charge in [-0.15, -0.1) is 0 Å². The van der Waals surface area contributed by atoms with Crippen molar-refractivity contribution in [2.24, 2.45) is 5.73 Å². The zero-order valence-corrected chi connectivity index (χ0v) is 12.4. The summed E-state index contributed by atoms with van der Waals surface area (Å²) in [7, 11) is 0. The van der Waals surface area contributed by atoms with Crippen LogP contribution in [0.15, 0.2) is 18.2 Å². The zero-order chi connectivity index (χ0) is 12.8. The molecule has 0 saturated heterocycles. The maximum Gasteiger partial charge on any atom is 0.106 e. The van der Waals surface area contributed by atoms with E-state index in [4.69, 9.17) is 29.6 Å². The Hall–Kier alpha value is -0.450. The van der Waals surface area contributed by atoms with Gasteiger partial charge in [0.2, 0.25) is 0 Å². The first-order chi connectivity index (χ1) is 8.04. The Balaban J connectivity index is 2.81. The third-order valence-corrected chi connectivity index (χ3v) is 3.82. The van der Waals surface area contributed by atoms with Crippen molar-refractivity contribution >= 4 is 46.3 Å². The van der Waals surface area contributed by atoms with Gasteiger partial charge in [0.25, 0.3) is 0 Å². The third-order valence-electron chi connectivity index (χ3n) is 2.22. The van der Waals surface area contributed by atoms with E-state index in [1.54, 1.807) is 6.07 Å². The van der Waals surface area contributed by atoms with Crippen molar-refractivity contribution in [2.45, 2.75) is 19.9 Å². The molecule has 17 heavy (non-hydrogen) atoms. The fourth-order valence-electron chi connectivity index (χ4n) is 1.45. The number of hydrogen-bond donors (Lipinski definition) is 2. The molecule has 0 aromatic heterocycles. The molecule has 5 heteroatoms. The Morgan fingerprint density at radius 3 is 2.88 bits per heavy atom. The van der Waals surface area contributed by atoms with Gasteiger partial charge in [-0.25, -0.2) is 0 Å². The van der Waals surface area contributed by atoms with Gasteiger partial charge in [0, 0.05) is 28.1 Å². The second-order valence-electron chi connectivity index (χ2n) is 3.76. The molecule has 2 nitrogen and oxygen atoms in total. The van der Waals surface area contributed by atoms with Crippen LogP contribution < -0.4 is 11.1 Å². The minimum absolute atomic E-state index is 0.353. The van der Waals surface area contributed by atoms with Crippen molar-refractivity contribution in [3.05, 3.63) is 28.8 Å². The molecule has 1 atom stereocenters. The van der Waals surface area contributed by atoms with Gasteiger partial charge in [0.05, 0.1) is 0 Å². The maximum atomic E-state index is 5.98. The Kier molecular flexibility index (Phi) is 6.09. The molecule has 0 aliphatic rings. The van der Waals surface area contributed by atoms with Crippen LogP contribution in [0.5, 0.6) is 0 Å². The highest BCUT2D eigenvalue weighted by Gasteiger charge is 2.09. The number of nitrogens with two attached hydrogens (primary N) is 1. The van der Waals surface area contributed by atoms with Crippen LogP contribution >= 0.6 is 35.6 Å². The Morgan fingerprint density at radius 1 is 1.59 bits per heavy atom. The van der Waals surface area contributed by atoms with Crippen molar-refractivity contribution in [1.29, 1.82) is 0 Å². The van der Waals surface area contributed by atoms with E-state index in [0.717, 1.165) is 22.8 Å². The second-order valence-corrected chi connectivity index (χ2v) is 5.95. The molecule has 1 aromatic rings.